The standard InChI is InChI=1S/C14H20N4O2S/c1-4-12-9-15-18(10-12)14(16-20-3)17-21(19)13-7-5-6-11(2)8-13/h5-9,12H,4,10H2,1-3H3,(H,16,17). The van der Waals surface area contributed by atoms with Gasteiger partial charge < -0.3 is 0 Å². The highest BCUT2D eigenvalue weighted by Crippen LogP contribution is 2.14. The van der Waals surface area contributed by atoms with Crippen LogP contribution >= 0.6 is 0 Å². The minimum absolute atomic E-state index is 0.351. The number of guanidine groups is 1. The van der Waals surface area contributed by atoms with Gasteiger partial charge in [0.2, 0.25) is 0 Å². The highest BCUT2D eigenvalue weighted by Gasteiger charge is 2.21. The van der Waals surface area contributed by atoms with Crippen molar-refractivity contribution in [3.8, 4) is 0 Å². The molecule has 0 fully saturated rings. The van der Waals surface area contributed by atoms with E-state index in [1.165, 1.54) is 7.11 Å². The van der Waals surface area contributed by atoms with E-state index in [1.54, 1.807) is 11.1 Å². The molecule has 0 bridgehead atoms. The maximum atomic E-state index is 12.3. The van der Waals surface area contributed by atoms with Crippen LogP contribution in [0.4, 0.5) is 0 Å². The molecule has 2 rings (SSSR count). The maximum Gasteiger partial charge on any atom is 0.253 e. The molecule has 1 aliphatic rings. The lowest BCUT2D eigenvalue weighted by molar-refractivity contribution is 0.131. The minimum Gasteiger partial charge on any atom is -0.277 e. The molecule has 0 spiro atoms. The number of nitrogens with zero attached hydrogens (tertiary/aromatic N) is 3. The van der Waals surface area contributed by atoms with Gasteiger partial charge in [0.25, 0.3) is 5.96 Å². The van der Waals surface area contributed by atoms with Gasteiger partial charge >= 0.3 is 0 Å². The summed E-state index contributed by atoms with van der Waals surface area (Å²) in [5.74, 6) is 0.728. The van der Waals surface area contributed by atoms with Gasteiger partial charge in [-0.3, -0.25) is 4.84 Å². The number of hydroxylamine groups is 1. The Hall–Kier alpha value is -1.73. The van der Waals surface area contributed by atoms with Gasteiger partial charge in [-0.25, -0.2) is 14.7 Å². The third-order valence-electron chi connectivity index (χ3n) is 3.15. The predicted octanol–water partition coefficient (Wildman–Crippen LogP) is 1.85. The first kappa shape index (κ1) is 15.7. The van der Waals surface area contributed by atoms with Crippen molar-refractivity contribution in [3.63, 3.8) is 0 Å². The normalized spacial score (nSPS) is 19.9. The SMILES string of the molecule is CCC1C=NN(/C(=N/S(=O)c2cccc(C)c2)NOC)C1. The lowest BCUT2D eigenvalue weighted by Gasteiger charge is -2.17. The van der Waals surface area contributed by atoms with Crippen molar-refractivity contribution in [2.24, 2.45) is 15.4 Å². The molecule has 7 heteroatoms. The Labute approximate surface area is 127 Å². The van der Waals surface area contributed by atoms with E-state index >= 15 is 0 Å². The molecule has 2 atom stereocenters. The molecule has 0 aromatic heterocycles. The van der Waals surface area contributed by atoms with E-state index < -0.39 is 11.0 Å². The van der Waals surface area contributed by atoms with Gasteiger partial charge in [0.1, 0.15) is 0 Å². The molecule has 1 aliphatic heterocycles. The van der Waals surface area contributed by atoms with Crippen LogP contribution < -0.4 is 5.48 Å². The van der Waals surface area contributed by atoms with Crippen LogP contribution in [0.1, 0.15) is 18.9 Å². The maximum absolute atomic E-state index is 12.3. The van der Waals surface area contributed by atoms with Crippen LogP contribution in [0, 0.1) is 12.8 Å². The minimum atomic E-state index is -1.50. The topological polar surface area (TPSA) is 66.3 Å². The molecule has 1 heterocycles. The fraction of sp³-hybridized carbons (Fsp3) is 0.429. The smallest absolute Gasteiger partial charge is 0.253 e. The highest BCUT2D eigenvalue weighted by atomic mass is 32.2. The molecule has 0 amide bonds. The van der Waals surface area contributed by atoms with Crippen molar-refractivity contribution < 1.29 is 9.05 Å². The van der Waals surface area contributed by atoms with E-state index in [2.05, 4.69) is 21.9 Å². The van der Waals surface area contributed by atoms with Crippen molar-refractivity contribution >= 4 is 23.2 Å². The summed E-state index contributed by atoms with van der Waals surface area (Å²) in [5.41, 5.74) is 3.70. The first-order chi connectivity index (χ1) is 10.1. The van der Waals surface area contributed by atoms with Crippen LogP contribution in [-0.4, -0.2) is 35.0 Å². The number of hydrogen-bond acceptors (Lipinski definition) is 3. The van der Waals surface area contributed by atoms with E-state index in [0.717, 1.165) is 12.0 Å². The monoisotopic (exact) mass is 308 g/mol. The molecule has 6 nitrogen and oxygen atoms in total. The van der Waals surface area contributed by atoms with Crippen molar-refractivity contribution in [2.75, 3.05) is 13.7 Å². The van der Waals surface area contributed by atoms with Crippen molar-refractivity contribution in [1.82, 2.24) is 10.5 Å². The summed E-state index contributed by atoms with van der Waals surface area (Å²) in [6, 6.07) is 7.46. The Balaban J connectivity index is 2.18. The van der Waals surface area contributed by atoms with Crippen LogP contribution in [0.5, 0.6) is 0 Å². The average Bonchev–Trinajstić information content (AvgIpc) is 2.95. The van der Waals surface area contributed by atoms with Gasteiger partial charge in [0.15, 0.2) is 11.0 Å². The molecular formula is C14H20N4O2S. The largest absolute Gasteiger partial charge is 0.277 e. The summed E-state index contributed by atoms with van der Waals surface area (Å²) < 4.78 is 16.5. The number of aryl methyl sites for hydroxylation is 1. The van der Waals surface area contributed by atoms with Crippen LogP contribution in [0.25, 0.3) is 0 Å². The molecule has 0 saturated heterocycles. The Morgan fingerprint density at radius 1 is 1.62 bits per heavy atom. The van der Waals surface area contributed by atoms with Gasteiger partial charge in [-0.1, -0.05) is 19.1 Å². The van der Waals surface area contributed by atoms with Gasteiger partial charge in [-0.05, 0) is 31.0 Å². The Kier molecular flexibility index (Phi) is 5.46. The van der Waals surface area contributed by atoms with Crippen LogP contribution in [-0.2, 0) is 15.8 Å². The van der Waals surface area contributed by atoms with Gasteiger partial charge in [-0.15, -0.1) is 4.40 Å². The van der Waals surface area contributed by atoms with E-state index in [4.69, 9.17) is 4.84 Å². The zero-order valence-electron chi connectivity index (χ0n) is 12.4. The summed E-state index contributed by atoms with van der Waals surface area (Å²) in [5, 5.41) is 5.94. The van der Waals surface area contributed by atoms with Crippen molar-refractivity contribution in [1.29, 1.82) is 0 Å². The molecule has 1 aromatic rings. The quantitative estimate of drug-likeness (QED) is 0.524. The number of hydrogen-bond donors (Lipinski definition) is 1. The third-order valence-corrected chi connectivity index (χ3v) is 4.14. The van der Waals surface area contributed by atoms with Crippen LogP contribution in [0.2, 0.25) is 0 Å². The second-order valence-corrected chi connectivity index (χ2v) is 5.95. The zero-order valence-corrected chi connectivity index (χ0v) is 13.3. The Morgan fingerprint density at radius 3 is 3.05 bits per heavy atom. The average molecular weight is 308 g/mol. The molecule has 0 radical (unpaired) electrons. The lowest BCUT2D eigenvalue weighted by atomic mass is 10.1. The van der Waals surface area contributed by atoms with Crippen molar-refractivity contribution in [3.05, 3.63) is 29.8 Å². The predicted molar refractivity (Wildman–Crippen MR) is 84.1 cm³/mol. The molecule has 2 unspecified atom stereocenters. The number of rotatable bonds is 4. The Bertz CT molecular complexity index is 574. The molecule has 114 valence electrons. The highest BCUT2D eigenvalue weighted by molar-refractivity contribution is 7.83. The number of hydrazone groups is 1. The molecule has 0 aliphatic carbocycles. The summed E-state index contributed by atoms with van der Waals surface area (Å²) in [6.45, 7) is 4.76. The fourth-order valence-corrected chi connectivity index (χ4v) is 2.81. The summed E-state index contributed by atoms with van der Waals surface area (Å²) in [6.07, 6.45) is 2.88. The second-order valence-electron chi connectivity index (χ2n) is 4.80. The first-order valence-electron chi connectivity index (χ1n) is 6.82. The molecule has 1 aromatic carbocycles. The number of nitrogens with one attached hydrogen (secondary N) is 1. The van der Waals surface area contributed by atoms with Gasteiger partial charge in [0, 0.05) is 12.1 Å². The fourth-order valence-electron chi connectivity index (χ4n) is 1.93. The lowest BCUT2D eigenvalue weighted by Crippen LogP contribution is -2.37. The Morgan fingerprint density at radius 2 is 2.43 bits per heavy atom. The number of benzene rings is 1. The van der Waals surface area contributed by atoms with E-state index in [1.807, 2.05) is 31.3 Å². The van der Waals surface area contributed by atoms with Crippen LogP contribution in [0.15, 0.2) is 38.7 Å². The zero-order chi connectivity index (χ0) is 15.2. The molecular weight excluding hydrogens is 288 g/mol. The van der Waals surface area contributed by atoms with E-state index in [9.17, 15) is 4.21 Å². The second kappa shape index (κ2) is 7.33. The molecule has 0 saturated carbocycles. The summed E-state index contributed by atoms with van der Waals surface area (Å²) >= 11 is 0. The van der Waals surface area contributed by atoms with E-state index in [0.29, 0.717) is 23.3 Å². The van der Waals surface area contributed by atoms with Gasteiger partial charge in [0.05, 0.1) is 18.6 Å². The molecule has 1 N–H and O–H groups in total. The van der Waals surface area contributed by atoms with Gasteiger partial charge in [-0.2, -0.15) is 5.10 Å². The van der Waals surface area contributed by atoms with Crippen molar-refractivity contribution in [2.45, 2.75) is 25.2 Å². The molecule has 21 heavy (non-hydrogen) atoms. The first-order valence-corrected chi connectivity index (χ1v) is 7.92. The third kappa shape index (κ3) is 4.12. The summed E-state index contributed by atoms with van der Waals surface area (Å²) in [7, 11) is -0.0162. The summed E-state index contributed by atoms with van der Waals surface area (Å²) in [4.78, 5) is 5.57. The van der Waals surface area contributed by atoms with Crippen LogP contribution in [0.3, 0.4) is 0 Å². The van der Waals surface area contributed by atoms with E-state index in [-0.39, 0.29) is 0 Å².